The highest BCUT2D eigenvalue weighted by Crippen LogP contribution is 2.45. The molecule has 0 spiro atoms. The van der Waals surface area contributed by atoms with Crippen LogP contribution in [0.25, 0.3) is 5.57 Å². The molecule has 64 heavy (non-hydrogen) atoms. The van der Waals surface area contributed by atoms with E-state index in [4.69, 9.17) is 14.5 Å². The summed E-state index contributed by atoms with van der Waals surface area (Å²) >= 11 is 0. The smallest absolute Gasteiger partial charge is 0.453 e. The number of H-pyrrole nitrogens is 1. The van der Waals surface area contributed by atoms with Crippen LogP contribution in [-0.4, -0.2) is 102 Å². The molecule has 4 atom stereocenters. The van der Waals surface area contributed by atoms with Gasteiger partial charge in [-0.2, -0.15) is 0 Å². The molecule has 0 saturated carbocycles. The SMILES string of the molecule is COC(=O)NC(C(=O)N1CC(C)CC1c1nc2c([nH]1)CCC1=C2CCC(C2=CC(F)=C(NC(=O)c3ccc(NCCNC(=O)C(C)(C)C)nc3)CC2OC(F)(F)F)=C1)C1CCOCC1. The number of fused-ring (bicyclic) bond motifs is 2. The summed E-state index contributed by atoms with van der Waals surface area (Å²) in [6, 6.07) is 1.81. The Kier molecular flexibility index (Phi) is 14.0. The number of imidazole rings is 1. The van der Waals surface area contributed by atoms with Gasteiger partial charge in [0.05, 0.1) is 36.2 Å². The Morgan fingerprint density at radius 1 is 1.03 bits per heavy atom. The summed E-state index contributed by atoms with van der Waals surface area (Å²) in [5, 5.41) is 11.0. The Hall–Kier alpha value is -5.56. The third-order valence-corrected chi connectivity index (χ3v) is 12.3. The van der Waals surface area contributed by atoms with Gasteiger partial charge in [-0.15, -0.1) is 13.2 Å². The van der Waals surface area contributed by atoms with Crippen LogP contribution >= 0.6 is 0 Å². The Morgan fingerprint density at radius 3 is 2.48 bits per heavy atom. The van der Waals surface area contributed by atoms with Crippen LogP contribution in [0, 0.1) is 17.3 Å². The van der Waals surface area contributed by atoms with Crippen molar-refractivity contribution in [3.05, 3.63) is 81.5 Å². The molecule has 15 nitrogen and oxygen atoms in total. The van der Waals surface area contributed by atoms with Crippen molar-refractivity contribution in [1.82, 2.24) is 35.8 Å². The van der Waals surface area contributed by atoms with Crippen LogP contribution in [0.15, 0.2) is 58.7 Å². The monoisotopic (exact) mass is 896 g/mol. The molecule has 5 N–H and O–H groups in total. The van der Waals surface area contributed by atoms with Gasteiger partial charge in [0, 0.05) is 56.6 Å². The van der Waals surface area contributed by atoms with Crippen LogP contribution in [0.1, 0.15) is 106 Å². The highest BCUT2D eigenvalue weighted by molar-refractivity contribution is 5.95. The van der Waals surface area contributed by atoms with Crippen molar-refractivity contribution < 1.29 is 51.0 Å². The molecule has 4 heterocycles. The van der Waals surface area contributed by atoms with Crippen LogP contribution in [0.5, 0.6) is 0 Å². The van der Waals surface area contributed by atoms with Crippen molar-refractivity contribution in [2.75, 3.05) is 45.3 Å². The lowest BCUT2D eigenvalue weighted by Crippen LogP contribution is -2.53. The summed E-state index contributed by atoms with van der Waals surface area (Å²) in [4.78, 5) is 66.4. The second kappa shape index (κ2) is 19.3. The van der Waals surface area contributed by atoms with E-state index in [-0.39, 0.29) is 52.9 Å². The Bertz CT molecular complexity index is 2240. The Morgan fingerprint density at radius 2 is 1.80 bits per heavy atom. The van der Waals surface area contributed by atoms with Crippen molar-refractivity contribution in [3.8, 4) is 0 Å². The quantitative estimate of drug-likeness (QED) is 0.113. The average Bonchev–Trinajstić information content (AvgIpc) is 3.88. The van der Waals surface area contributed by atoms with Gasteiger partial charge in [0.2, 0.25) is 11.8 Å². The fourth-order valence-corrected chi connectivity index (χ4v) is 8.99. The van der Waals surface area contributed by atoms with Gasteiger partial charge in [-0.25, -0.2) is 19.2 Å². The molecular formula is C45H56F4N8O7. The zero-order valence-electron chi connectivity index (χ0n) is 36.7. The number of anilines is 1. The molecule has 2 fully saturated rings. The minimum atomic E-state index is -5.05. The number of aryl methyl sites for hydroxylation is 1. The minimum absolute atomic E-state index is 0.0393. The third-order valence-electron chi connectivity index (χ3n) is 12.3. The molecule has 3 aliphatic carbocycles. The number of rotatable bonds is 12. The van der Waals surface area contributed by atoms with Crippen molar-refractivity contribution in [3.63, 3.8) is 0 Å². The van der Waals surface area contributed by atoms with Crippen molar-refractivity contribution in [2.24, 2.45) is 17.3 Å². The van der Waals surface area contributed by atoms with Gasteiger partial charge in [-0.05, 0) is 97.3 Å². The number of hydrogen-bond acceptors (Lipinski definition) is 10. The largest absolute Gasteiger partial charge is 0.523 e. The number of amides is 4. The maximum atomic E-state index is 15.8. The van der Waals surface area contributed by atoms with Crippen molar-refractivity contribution in [1.29, 1.82) is 0 Å². The number of alkyl carbamates (subject to hydrolysis) is 1. The third kappa shape index (κ3) is 10.9. The number of likely N-dealkylation sites (tertiary alicyclic amines) is 1. The lowest BCUT2D eigenvalue weighted by Gasteiger charge is -2.34. The molecule has 4 unspecified atom stereocenters. The first-order valence-electron chi connectivity index (χ1n) is 21.8. The number of nitrogens with zero attached hydrogens (tertiary/aromatic N) is 3. The van der Waals surface area contributed by atoms with Gasteiger partial charge in [0.15, 0.2) is 0 Å². The van der Waals surface area contributed by atoms with E-state index in [0.717, 1.165) is 28.6 Å². The minimum Gasteiger partial charge on any atom is -0.453 e. The number of carbonyl (C=O) groups excluding carboxylic acids is 4. The molecule has 2 aromatic heterocycles. The first-order chi connectivity index (χ1) is 30.4. The highest BCUT2D eigenvalue weighted by atomic mass is 19.4. The van der Waals surface area contributed by atoms with E-state index in [2.05, 4.69) is 42.9 Å². The van der Waals surface area contributed by atoms with Gasteiger partial charge < -0.3 is 40.6 Å². The first kappa shape index (κ1) is 46.4. The Balaban J connectivity index is 1.07. The maximum absolute atomic E-state index is 15.8. The Labute approximate surface area is 368 Å². The standard InChI is InChI=1S/C45H56F4N8O7/c1-24-18-34(57(23-24)41(59)37(56-43(61)62-5)25-12-16-63-17-13-25)39-53-32-10-7-26-19-27(6-9-29(26)38(32)55-39)30-20-31(46)33(21-35(30)64-45(47,48)49)54-40(58)28-8-11-36(52-22-28)50-14-15-51-42(60)44(2,3)4/h8,11,19-20,22,24-25,34-35,37H,6-7,9-10,12-18,21,23H2,1-5H3,(H,50,52)(H,51,60)(H,53,55)(H,54,58)(H,56,61). The van der Waals surface area contributed by atoms with Gasteiger partial charge in [0.25, 0.3) is 5.91 Å². The molecule has 0 aromatic carbocycles. The van der Waals surface area contributed by atoms with Crippen molar-refractivity contribution in [2.45, 2.75) is 104 Å². The van der Waals surface area contributed by atoms with Gasteiger partial charge in [0.1, 0.15) is 23.5 Å². The number of ether oxygens (including phenoxy) is 3. The summed E-state index contributed by atoms with van der Waals surface area (Å²) in [7, 11) is 1.26. The molecule has 0 radical (unpaired) electrons. The van der Waals surface area contributed by atoms with Crippen LogP contribution in [-0.2, 0) is 30.2 Å². The number of aromatic nitrogens is 3. The summed E-state index contributed by atoms with van der Waals surface area (Å²) in [6.07, 6.45) is -0.162. The molecule has 5 aliphatic rings. The molecule has 0 bridgehead atoms. The molecule has 346 valence electrons. The van der Waals surface area contributed by atoms with Gasteiger partial charge in [-0.1, -0.05) is 33.8 Å². The van der Waals surface area contributed by atoms with Crippen LogP contribution < -0.4 is 21.3 Å². The van der Waals surface area contributed by atoms with E-state index in [1.165, 1.54) is 25.4 Å². The second-order valence-electron chi connectivity index (χ2n) is 18.0. The maximum Gasteiger partial charge on any atom is 0.523 e. The van der Waals surface area contributed by atoms with E-state index in [1.807, 2.05) is 0 Å². The first-order valence-corrected chi connectivity index (χ1v) is 21.8. The van der Waals surface area contributed by atoms with Gasteiger partial charge >= 0.3 is 12.5 Å². The lowest BCUT2D eigenvalue weighted by atomic mass is 9.79. The lowest BCUT2D eigenvalue weighted by molar-refractivity contribution is -0.337. The van der Waals surface area contributed by atoms with Gasteiger partial charge in [-0.3, -0.25) is 19.1 Å². The van der Waals surface area contributed by atoms with E-state index >= 15 is 4.39 Å². The zero-order valence-corrected chi connectivity index (χ0v) is 36.7. The predicted molar refractivity (Wildman–Crippen MR) is 227 cm³/mol. The fraction of sp³-hybridized carbons (Fsp3) is 0.556. The van der Waals surface area contributed by atoms with E-state index < -0.39 is 48.2 Å². The molecule has 19 heteroatoms. The normalized spacial score (nSPS) is 22.2. The number of alkyl halides is 3. The highest BCUT2D eigenvalue weighted by Gasteiger charge is 2.43. The number of allylic oxidation sites excluding steroid dienone is 5. The zero-order chi connectivity index (χ0) is 45.9. The van der Waals surface area contributed by atoms with E-state index in [1.54, 1.807) is 31.7 Å². The number of pyridine rings is 1. The number of nitrogens with one attached hydrogen (secondary N) is 5. The number of hydrogen-bond donors (Lipinski definition) is 5. The number of carbonyl (C=O) groups is 4. The molecule has 7 rings (SSSR count). The molecule has 2 aliphatic heterocycles. The number of halogens is 4. The number of aromatic amines is 1. The topological polar surface area (TPSA) is 189 Å². The fourth-order valence-electron chi connectivity index (χ4n) is 8.99. The van der Waals surface area contributed by atoms with Crippen LogP contribution in [0.3, 0.4) is 0 Å². The van der Waals surface area contributed by atoms with E-state index in [9.17, 15) is 32.3 Å². The van der Waals surface area contributed by atoms with Crippen LogP contribution in [0.2, 0.25) is 0 Å². The average molecular weight is 897 g/mol. The van der Waals surface area contributed by atoms with E-state index in [0.29, 0.717) is 88.6 Å². The second-order valence-corrected chi connectivity index (χ2v) is 18.0. The summed E-state index contributed by atoms with van der Waals surface area (Å²) < 4.78 is 72.4. The molecule has 2 saturated heterocycles. The predicted octanol–water partition coefficient (Wildman–Crippen LogP) is 6.71. The molecular weight excluding hydrogens is 841 g/mol. The number of methoxy groups -OCH3 is 1. The van der Waals surface area contributed by atoms with Crippen molar-refractivity contribution >= 4 is 35.2 Å². The van der Waals surface area contributed by atoms with Crippen LogP contribution in [0.4, 0.5) is 28.2 Å². The summed E-state index contributed by atoms with van der Waals surface area (Å²) in [6.45, 7) is 9.64. The summed E-state index contributed by atoms with van der Waals surface area (Å²) in [5.74, 6) is -0.864. The summed E-state index contributed by atoms with van der Waals surface area (Å²) in [5.41, 5.74) is 3.15. The molecule has 4 amide bonds. The molecule has 2 aromatic rings.